The first-order chi connectivity index (χ1) is 18.3. The number of rotatable bonds is 8. The number of carbonyl (C=O) groups excluding carboxylic acids is 2. The Labute approximate surface area is 225 Å². The van der Waals surface area contributed by atoms with Gasteiger partial charge in [-0.1, -0.05) is 35.9 Å². The van der Waals surface area contributed by atoms with Gasteiger partial charge in [0.2, 0.25) is 5.78 Å². The number of aliphatic hydroxyl groups excluding tert-OH is 1. The number of hydrogen-bond donors (Lipinski definition) is 1. The number of Topliss-reactive ketones (excluding diaryl/α,β-unsaturated/α-hetero) is 1. The van der Waals surface area contributed by atoms with E-state index >= 15 is 0 Å². The summed E-state index contributed by atoms with van der Waals surface area (Å²) in [5.41, 5.74) is 3.16. The fraction of sp³-hybridized carbons (Fsp3) is 0.200. The Bertz CT molecular complexity index is 1540. The molecular formula is C30H27ClN2O5. The lowest BCUT2D eigenvalue weighted by Crippen LogP contribution is -2.33. The lowest BCUT2D eigenvalue weighted by Gasteiger charge is -2.27. The summed E-state index contributed by atoms with van der Waals surface area (Å²) in [6.07, 6.45) is 0.528. The molecule has 1 aromatic heterocycles. The summed E-state index contributed by atoms with van der Waals surface area (Å²) in [7, 11) is 5.47. The zero-order valence-corrected chi connectivity index (χ0v) is 22.0. The van der Waals surface area contributed by atoms with Gasteiger partial charge in [0.25, 0.3) is 5.91 Å². The first-order valence-electron chi connectivity index (χ1n) is 12.1. The Morgan fingerprint density at radius 3 is 2.42 bits per heavy atom. The van der Waals surface area contributed by atoms with Crippen LogP contribution >= 0.6 is 11.6 Å². The van der Waals surface area contributed by atoms with Crippen LogP contribution in [0.5, 0.6) is 5.75 Å². The Morgan fingerprint density at radius 2 is 1.76 bits per heavy atom. The van der Waals surface area contributed by atoms with Gasteiger partial charge in [-0.15, -0.1) is 0 Å². The first kappa shape index (κ1) is 25.4. The maximum atomic E-state index is 13.8. The van der Waals surface area contributed by atoms with Crippen molar-refractivity contribution in [1.82, 2.24) is 4.90 Å². The second-order valence-electron chi connectivity index (χ2n) is 9.37. The van der Waals surface area contributed by atoms with E-state index in [4.69, 9.17) is 20.8 Å². The molecule has 3 aromatic carbocycles. The molecule has 1 amide bonds. The summed E-state index contributed by atoms with van der Waals surface area (Å²) in [6, 6.07) is 21.0. The molecule has 0 spiro atoms. The number of carbonyl (C=O) groups is 2. The molecule has 38 heavy (non-hydrogen) atoms. The Balaban J connectivity index is 1.52. The van der Waals surface area contributed by atoms with Crippen LogP contribution in [0.2, 0.25) is 5.02 Å². The van der Waals surface area contributed by atoms with Gasteiger partial charge in [-0.2, -0.15) is 0 Å². The predicted octanol–water partition coefficient (Wildman–Crippen LogP) is 5.98. The van der Waals surface area contributed by atoms with E-state index in [2.05, 4.69) is 0 Å². The SMILES string of the molecule is COc1ccc(CCN2C(=O)C(O)=C(C(=O)c3cc4cc(Cl)ccc4o3)C2c2ccc(N(C)C)cc2)cc1. The highest BCUT2D eigenvalue weighted by atomic mass is 35.5. The molecule has 4 aromatic rings. The number of anilines is 1. The maximum Gasteiger partial charge on any atom is 0.290 e. The van der Waals surface area contributed by atoms with Crippen molar-refractivity contribution < 1.29 is 23.8 Å². The van der Waals surface area contributed by atoms with E-state index in [0.717, 1.165) is 17.0 Å². The number of nitrogens with zero attached hydrogens (tertiary/aromatic N) is 2. The van der Waals surface area contributed by atoms with Crippen LogP contribution in [0.1, 0.15) is 27.7 Å². The molecule has 0 aliphatic carbocycles. The van der Waals surface area contributed by atoms with Crippen molar-refractivity contribution in [1.29, 1.82) is 0 Å². The largest absolute Gasteiger partial charge is 0.503 e. The lowest BCUT2D eigenvalue weighted by atomic mass is 9.94. The van der Waals surface area contributed by atoms with E-state index in [0.29, 0.717) is 34.5 Å². The number of amides is 1. The van der Waals surface area contributed by atoms with E-state index in [1.807, 2.05) is 67.5 Å². The van der Waals surface area contributed by atoms with Crippen molar-refractivity contribution in [2.75, 3.05) is 32.6 Å². The molecule has 8 heteroatoms. The number of ketones is 1. The molecule has 194 valence electrons. The molecule has 2 heterocycles. The second kappa shape index (κ2) is 10.3. The number of ether oxygens (including phenoxy) is 1. The summed E-state index contributed by atoms with van der Waals surface area (Å²) in [6.45, 7) is 0.293. The number of aliphatic hydroxyl groups is 1. The second-order valence-corrected chi connectivity index (χ2v) is 9.81. The van der Waals surface area contributed by atoms with Crippen LogP contribution in [0.4, 0.5) is 5.69 Å². The topological polar surface area (TPSA) is 83.2 Å². The highest BCUT2D eigenvalue weighted by molar-refractivity contribution is 6.31. The fourth-order valence-corrected chi connectivity index (χ4v) is 4.90. The van der Waals surface area contributed by atoms with Crippen LogP contribution < -0.4 is 9.64 Å². The molecule has 0 saturated carbocycles. The maximum absolute atomic E-state index is 13.8. The lowest BCUT2D eigenvalue weighted by molar-refractivity contribution is -0.129. The third-order valence-corrected chi connectivity index (χ3v) is 7.01. The molecule has 0 radical (unpaired) electrons. The van der Waals surface area contributed by atoms with Crippen LogP contribution in [0.25, 0.3) is 11.0 Å². The monoisotopic (exact) mass is 530 g/mol. The third-order valence-electron chi connectivity index (χ3n) is 6.78. The number of methoxy groups -OCH3 is 1. The van der Waals surface area contributed by atoms with Gasteiger partial charge in [0.05, 0.1) is 18.7 Å². The molecule has 5 rings (SSSR count). The van der Waals surface area contributed by atoms with Gasteiger partial charge < -0.3 is 24.1 Å². The van der Waals surface area contributed by atoms with Gasteiger partial charge in [-0.05, 0) is 66.1 Å². The van der Waals surface area contributed by atoms with Gasteiger partial charge >= 0.3 is 0 Å². The molecule has 1 atom stereocenters. The summed E-state index contributed by atoms with van der Waals surface area (Å²) in [4.78, 5) is 30.6. The molecule has 0 fully saturated rings. The highest BCUT2D eigenvalue weighted by Gasteiger charge is 2.44. The van der Waals surface area contributed by atoms with E-state index in [1.165, 1.54) is 4.90 Å². The van der Waals surface area contributed by atoms with Crippen molar-refractivity contribution in [3.8, 4) is 5.75 Å². The van der Waals surface area contributed by atoms with E-state index < -0.39 is 23.5 Å². The van der Waals surface area contributed by atoms with Crippen molar-refractivity contribution in [3.63, 3.8) is 0 Å². The summed E-state index contributed by atoms with van der Waals surface area (Å²) >= 11 is 6.10. The highest BCUT2D eigenvalue weighted by Crippen LogP contribution is 2.40. The van der Waals surface area contributed by atoms with Crippen molar-refractivity contribution in [2.45, 2.75) is 12.5 Å². The minimum Gasteiger partial charge on any atom is -0.503 e. The van der Waals surface area contributed by atoms with Gasteiger partial charge in [0.1, 0.15) is 11.3 Å². The average molecular weight is 531 g/mol. The van der Waals surface area contributed by atoms with Crippen LogP contribution in [-0.2, 0) is 11.2 Å². The van der Waals surface area contributed by atoms with E-state index in [1.54, 1.807) is 31.4 Å². The summed E-state index contributed by atoms with van der Waals surface area (Å²) < 4.78 is 11.0. The number of fused-ring (bicyclic) bond motifs is 1. The quantitative estimate of drug-likeness (QED) is 0.282. The Morgan fingerprint density at radius 1 is 1.05 bits per heavy atom. The standard InChI is InChI=1S/C30H27ClN2O5/c1-32(2)22-9-6-19(7-10-22)27-26(28(34)25-17-20-16-21(31)8-13-24(20)38-25)29(35)30(36)33(27)15-14-18-4-11-23(37-3)12-5-18/h4-13,16-17,27,35H,14-15H2,1-3H3. The van der Waals surface area contributed by atoms with Crippen molar-refractivity contribution >= 4 is 39.9 Å². The number of furan rings is 1. The van der Waals surface area contributed by atoms with Crippen LogP contribution in [0, 0.1) is 0 Å². The van der Waals surface area contributed by atoms with Gasteiger partial charge in [0.15, 0.2) is 11.5 Å². The van der Waals surface area contributed by atoms with Crippen molar-refractivity contribution in [3.05, 3.63) is 106 Å². The Hall–Kier alpha value is -4.23. The number of benzene rings is 3. The molecule has 1 aliphatic rings. The van der Waals surface area contributed by atoms with Gasteiger partial charge in [-0.25, -0.2) is 0 Å². The van der Waals surface area contributed by atoms with Gasteiger partial charge in [-0.3, -0.25) is 9.59 Å². The molecule has 0 bridgehead atoms. The molecule has 1 aliphatic heterocycles. The van der Waals surface area contributed by atoms with Crippen LogP contribution in [0.15, 0.2) is 88.5 Å². The minimum atomic E-state index is -0.777. The summed E-state index contributed by atoms with van der Waals surface area (Å²) in [5.74, 6) is -0.933. The van der Waals surface area contributed by atoms with E-state index in [9.17, 15) is 14.7 Å². The number of halogens is 1. The van der Waals surface area contributed by atoms with Crippen LogP contribution in [0.3, 0.4) is 0 Å². The molecular weight excluding hydrogens is 504 g/mol. The minimum absolute atomic E-state index is 0.00696. The van der Waals surface area contributed by atoms with Crippen molar-refractivity contribution in [2.24, 2.45) is 0 Å². The van der Waals surface area contributed by atoms with Gasteiger partial charge in [0, 0.05) is 36.7 Å². The summed E-state index contributed by atoms with van der Waals surface area (Å²) in [5, 5.41) is 12.2. The predicted molar refractivity (Wildman–Crippen MR) is 147 cm³/mol. The number of hydrogen-bond acceptors (Lipinski definition) is 6. The molecule has 0 saturated heterocycles. The normalized spacial score (nSPS) is 15.4. The third kappa shape index (κ3) is 4.73. The fourth-order valence-electron chi connectivity index (χ4n) is 4.72. The first-order valence-corrected chi connectivity index (χ1v) is 12.5. The molecule has 1 unspecified atom stereocenters. The smallest absolute Gasteiger partial charge is 0.290 e. The average Bonchev–Trinajstić information content (AvgIpc) is 3.45. The zero-order valence-electron chi connectivity index (χ0n) is 21.3. The van der Waals surface area contributed by atoms with E-state index in [-0.39, 0.29) is 11.3 Å². The van der Waals surface area contributed by atoms with Crippen LogP contribution in [-0.4, -0.2) is 49.4 Å². The molecule has 7 nitrogen and oxygen atoms in total. The molecule has 1 N–H and O–H groups in total. The Kier molecular flexibility index (Phi) is 6.87. The zero-order chi connectivity index (χ0) is 27.0.